The summed E-state index contributed by atoms with van der Waals surface area (Å²) in [7, 11) is 0. The van der Waals surface area contributed by atoms with E-state index >= 15 is 0 Å². The number of nitrogens with zero attached hydrogens (tertiary/aromatic N) is 1. The molecule has 0 radical (unpaired) electrons. The van der Waals surface area contributed by atoms with Crippen LogP contribution in [0.2, 0.25) is 0 Å². The van der Waals surface area contributed by atoms with Crippen LogP contribution >= 0.6 is 0 Å². The van der Waals surface area contributed by atoms with Gasteiger partial charge in [0.2, 0.25) is 0 Å². The highest BCUT2D eigenvalue weighted by atomic mass is 19.1. The fraction of sp³-hybridized carbons (Fsp3) is 0.0417. The second-order valence-corrected chi connectivity index (χ2v) is 6.01. The number of hydrogen-bond acceptors (Lipinski definition) is 1. The first-order valence-electron chi connectivity index (χ1n) is 9.42. The van der Waals surface area contributed by atoms with Crippen molar-refractivity contribution in [2.45, 2.75) is 6.37 Å². The Balaban J connectivity index is 1.72. The molecule has 0 saturated carbocycles. The average molecular weight is 341 g/mol. The molecule has 4 rings (SSSR count). The normalized spacial score (nSPS) is 12.3. The maximum Gasteiger partial charge on any atom is 0.123 e. The molecule has 4 aromatic rings. The topological polar surface area (TPSA) is 12.9 Å². The Morgan fingerprint density at radius 3 is 2.27 bits per heavy atom. The predicted octanol–water partition coefficient (Wildman–Crippen LogP) is 6.15. The van der Waals surface area contributed by atoms with Crippen molar-refractivity contribution in [1.82, 2.24) is 4.98 Å². The predicted molar refractivity (Wildman–Crippen MR) is 104 cm³/mol. The molecule has 0 fully saturated rings. The van der Waals surface area contributed by atoms with Gasteiger partial charge >= 0.3 is 0 Å². The van der Waals surface area contributed by atoms with E-state index in [-0.39, 0.29) is 5.82 Å². The summed E-state index contributed by atoms with van der Waals surface area (Å²) in [4.78, 5) is 4.45. The molecule has 0 atom stereocenters. The molecule has 0 unspecified atom stereocenters. The van der Waals surface area contributed by atoms with E-state index in [2.05, 4.69) is 4.98 Å². The lowest BCUT2D eigenvalue weighted by molar-refractivity contribution is 0.628. The van der Waals surface area contributed by atoms with Crippen molar-refractivity contribution >= 4 is 0 Å². The zero-order chi connectivity index (χ0) is 19.6. The van der Waals surface area contributed by atoms with Gasteiger partial charge in [0.05, 0.1) is 5.69 Å². The highest BCUT2D eigenvalue weighted by molar-refractivity contribution is 5.70. The molecule has 0 spiro atoms. The van der Waals surface area contributed by atoms with Crippen molar-refractivity contribution in [3.63, 3.8) is 0 Å². The van der Waals surface area contributed by atoms with Crippen LogP contribution in [0.3, 0.4) is 0 Å². The monoisotopic (exact) mass is 341 g/mol. The van der Waals surface area contributed by atoms with Crippen molar-refractivity contribution in [2.24, 2.45) is 0 Å². The molecule has 126 valence electrons. The van der Waals surface area contributed by atoms with Crippen LogP contribution in [0.25, 0.3) is 22.4 Å². The number of pyridine rings is 1. The average Bonchev–Trinajstić information content (AvgIpc) is 2.75. The van der Waals surface area contributed by atoms with Gasteiger partial charge in [0, 0.05) is 14.5 Å². The van der Waals surface area contributed by atoms with Crippen LogP contribution in [0.1, 0.15) is 13.9 Å². The van der Waals surface area contributed by atoms with Crippen LogP contribution in [-0.4, -0.2) is 4.98 Å². The van der Waals surface area contributed by atoms with E-state index in [0.717, 1.165) is 22.4 Å². The third kappa shape index (κ3) is 3.70. The van der Waals surface area contributed by atoms with Crippen LogP contribution in [0.15, 0.2) is 97.2 Å². The lowest BCUT2D eigenvalue weighted by atomic mass is 9.99. The Hall–Kier alpha value is -3.26. The first-order valence-corrected chi connectivity index (χ1v) is 8.42. The Kier molecular flexibility index (Phi) is 3.93. The van der Waals surface area contributed by atoms with Gasteiger partial charge in [0.1, 0.15) is 5.82 Å². The van der Waals surface area contributed by atoms with Gasteiger partial charge in [-0.3, -0.25) is 4.98 Å². The van der Waals surface area contributed by atoms with Crippen LogP contribution in [0, 0.1) is 5.82 Å². The fourth-order valence-electron chi connectivity index (χ4n) is 2.85. The number of aromatic nitrogens is 1. The number of halogens is 1. The SMILES string of the molecule is [2H]C([2H])(c1ccccc1)c1cccc(-c2cc(-c3ccc(F)cc3)ccn2)c1. The van der Waals surface area contributed by atoms with Crippen molar-refractivity contribution < 1.29 is 7.13 Å². The lowest BCUT2D eigenvalue weighted by Crippen LogP contribution is -1.90. The molecule has 2 heteroatoms. The Bertz CT molecular complexity index is 1090. The smallest absolute Gasteiger partial charge is 0.123 e. The molecular weight excluding hydrogens is 321 g/mol. The van der Waals surface area contributed by atoms with Crippen molar-refractivity contribution in [2.75, 3.05) is 0 Å². The third-order valence-electron chi connectivity index (χ3n) is 4.16. The first kappa shape index (κ1) is 14.0. The molecule has 0 saturated heterocycles. The summed E-state index contributed by atoms with van der Waals surface area (Å²) in [5, 5.41) is 0. The summed E-state index contributed by atoms with van der Waals surface area (Å²) in [5.41, 5.74) is 4.60. The molecule has 1 aromatic heterocycles. The van der Waals surface area contributed by atoms with Gasteiger partial charge in [-0.05, 0) is 59.0 Å². The minimum atomic E-state index is -1.61. The Labute approximate surface area is 155 Å². The van der Waals surface area contributed by atoms with Crippen molar-refractivity contribution in [1.29, 1.82) is 0 Å². The molecule has 0 aliphatic rings. The van der Waals surface area contributed by atoms with E-state index in [1.165, 1.54) is 12.1 Å². The van der Waals surface area contributed by atoms with Gasteiger partial charge < -0.3 is 0 Å². The number of benzene rings is 3. The van der Waals surface area contributed by atoms with Crippen LogP contribution in [0.5, 0.6) is 0 Å². The summed E-state index contributed by atoms with van der Waals surface area (Å²) in [6.45, 7) is 0. The van der Waals surface area contributed by atoms with E-state index in [4.69, 9.17) is 2.74 Å². The summed E-state index contributed by atoms with van der Waals surface area (Å²) in [5.74, 6) is -0.270. The van der Waals surface area contributed by atoms with E-state index < -0.39 is 6.37 Å². The summed E-state index contributed by atoms with van der Waals surface area (Å²) in [6, 6.07) is 26.7. The molecule has 0 bridgehead atoms. The Morgan fingerprint density at radius 2 is 1.46 bits per heavy atom. The highest BCUT2D eigenvalue weighted by Gasteiger charge is 2.05. The zero-order valence-corrected chi connectivity index (χ0v) is 14.1. The minimum absolute atomic E-state index is 0.270. The summed E-state index contributed by atoms with van der Waals surface area (Å²) in [6.07, 6.45) is 0.109. The van der Waals surface area contributed by atoms with Gasteiger partial charge in [0.15, 0.2) is 0 Å². The maximum atomic E-state index is 13.2. The fourth-order valence-corrected chi connectivity index (χ4v) is 2.85. The van der Waals surface area contributed by atoms with E-state index in [1.807, 2.05) is 48.5 Å². The zero-order valence-electron chi connectivity index (χ0n) is 16.1. The van der Waals surface area contributed by atoms with Crippen LogP contribution in [-0.2, 0) is 6.37 Å². The van der Waals surface area contributed by atoms with Crippen LogP contribution in [0.4, 0.5) is 4.39 Å². The highest BCUT2D eigenvalue weighted by Crippen LogP contribution is 2.25. The van der Waals surface area contributed by atoms with E-state index in [9.17, 15) is 4.39 Å². The molecule has 0 amide bonds. The van der Waals surface area contributed by atoms with Gasteiger partial charge in [-0.15, -0.1) is 0 Å². The van der Waals surface area contributed by atoms with Gasteiger partial charge in [-0.2, -0.15) is 0 Å². The quantitative estimate of drug-likeness (QED) is 0.434. The standard InChI is InChI=1S/C24H18FN/c25-23-11-9-20(10-12-23)21-13-14-26-24(17-21)22-8-4-7-19(16-22)15-18-5-2-1-3-6-18/h1-14,16-17H,15H2/i15D2. The largest absolute Gasteiger partial charge is 0.256 e. The molecule has 26 heavy (non-hydrogen) atoms. The maximum absolute atomic E-state index is 13.2. The second-order valence-electron chi connectivity index (χ2n) is 6.01. The summed E-state index contributed by atoms with van der Waals surface area (Å²) >= 11 is 0. The van der Waals surface area contributed by atoms with E-state index in [0.29, 0.717) is 11.1 Å². The number of rotatable bonds is 4. The van der Waals surface area contributed by atoms with Gasteiger partial charge in [-0.25, -0.2) is 4.39 Å². The van der Waals surface area contributed by atoms with Crippen LogP contribution < -0.4 is 0 Å². The first-order chi connectivity index (χ1) is 13.5. The molecule has 0 aliphatic carbocycles. The Morgan fingerprint density at radius 1 is 0.692 bits per heavy atom. The molecule has 0 aliphatic heterocycles. The van der Waals surface area contributed by atoms with Gasteiger partial charge in [-0.1, -0.05) is 60.7 Å². The number of hydrogen-bond donors (Lipinski definition) is 0. The molecular formula is C24H18FN. The van der Waals surface area contributed by atoms with Crippen molar-refractivity contribution in [3.05, 3.63) is 114 Å². The van der Waals surface area contributed by atoms with Crippen molar-refractivity contribution in [3.8, 4) is 22.4 Å². The molecule has 3 aromatic carbocycles. The molecule has 0 N–H and O–H groups in total. The van der Waals surface area contributed by atoms with Gasteiger partial charge in [0.25, 0.3) is 0 Å². The summed E-state index contributed by atoms with van der Waals surface area (Å²) < 4.78 is 30.3. The lowest BCUT2D eigenvalue weighted by Gasteiger charge is -2.08. The van der Waals surface area contributed by atoms with E-state index in [1.54, 1.807) is 36.5 Å². The molecule has 1 heterocycles. The minimum Gasteiger partial charge on any atom is -0.256 e. The third-order valence-corrected chi connectivity index (χ3v) is 4.16. The molecule has 1 nitrogen and oxygen atoms in total. The second kappa shape index (κ2) is 7.32.